The van der Waals surface area contributed by atoms with Crippen LogP contribution in [0.15, 0.2) is 0 Å². The lowest BCUT2D eigenvalue weighted by Gasteiger charge is -2.35. The van der Waals surface area contributed by atoms with E-state index in [0.717, 1.165) is 25.7 Å². The third kappa shape index (κ3) is 3.58. The number of unbranched alkanes of at least 4 members (excludes halogenated alkanes) is 1. The third-order valence-electron chi connectivity index (χ3n) is 2.92. The molecule has 0 saturated carbocycles. The van der Waals surface area contributed by atoms with Gasteiger partial charge in [0.05, 0.1) is 12.2 Å². The predicted molar refractivity (Wildman–Crippen MR) is 58.3 cm³/mol. The number of hydrogen-bond acceptors (Lipinski definition) is 2. The second-order valence-electron chi connectivity index (χ2n) is 4.14. The summed E-state index contributed by atoms with van der Waals surface area (Å²) in [5.74, 6) is 0. The summed E-state index contributed by atoms with van der Waals surface area (Å²) in [5.41, 5.74) is 0. The van der Waals surface area contributed by atoms with E-state index in [1.165, 1.54) is 12.8 Å². The highest BCUT2D eigenvalue weighted by Gasteiger charge is 2.27. The van der Waals surface area contributed by atoms with Crippen LogP contribution in [0.4, 0.5) is 0 Å². The van der Waals surface area contributed by atoms with E-state index in [0.29, 0.717) is 12.2 Å². The molecular formula is C12H24O2. The first-order valence-corrected chi connectivity index (χ1v) is 6.11. The van der Waals surface area contributed by atoms with Gasteiger partial charge in [0.25, 0.3) is 0 Å². The molecule has 1 rings (SSSR count). The highest BCUT2D eigenvalue weighted by molar-refractivity contribution is 4.70. The Bertz CT molecular complexity index is 135. The van der Waals surface area contributed by atoms with Crippen molar-refractivity contribution in [1.82, 2.24) is 0 Å². The third-order valence-corrected chi connectivity index (χ3v) is 2.92. The minimum Gasteiger partial charge on any atom is -0.349 e. The average molecular weight is 200 g/mol. The summed E-state index contributed by atoms with van der Waals surface area (Å²) in [6.07, 6.45) is 7.71. The van der Waals surface area contributed by atoms with Crippen LogP contribution in [-0.2, 0) is 9.47 Å². The summed E-state index contributed by atoms with van der Waals surface area (Å²) < 4.78 is 11.7. The topological polar surface area (TPSA) is 18.5 Å². The minimum atomic E-state index is 0.0681. The molecule has 0 bridgehead atoms. The first kappa shape index (κ1) is 12.0. The lowest BCUT2D eigenvalue weighted by molar-refractivity contribution is -0.245. The van der Waals surface area contributed by atoms with Gasteiger partial charge in [0.2, 0.25) is 0 Å². The zero-order chi connectivity index (χ0) is 10.4. The Balaban J connectivity index is 2.35. The zero-order valence-corrected chi connectivity index (χ0v) is 9.79. The van der Waals surface area contributed by atoms with E-state index in [4.69, 9.17) is 9.47 Å². The van der Waals surface area contributed by atoms with E-state index in [9.17, 15) is 0 Å². The van der Waals surface area contributed by atoms with Gasteiger partial charge in [-0.2, -0.15) is 0 Å². The van der Waals surface area contributed by atoms with Crippen LogP contribution in [0.3, 0.4) is 0 Å². The van der Waals surface area contributed by atoms with Gasteiger partial charge < -0.3 is 9.47 Å². The largest absolute Gasteiger partial charge is 0.349 e. The lowest BCUT2D eigenvalue weighted by atomic mass is 10.1. The molecule has 0 aromatic rings. The molecule has 0 aliphatic carbocycles. The Hall–Kier alpha value is -0.0800. The van der Waals surface area contributed by atoms with Crippen molar-refractivity contribution in [2.45, 2.75) is 77.8 Å². The molecule has 0 spiro atoms. The molecule has 1 fully saturated rings. The lowest BCUT2D eigenvalue weighted by Crippen LogP contribution is -2.37. The van der Waals surface area contributed by atoms with E-state index >= 15 is 0 Å². The molecular weight excluding hydrogens is 176 g/mol. The van der Waals surface area contributed by atoms with Crippen LogP contribution in [0.25, 0.3) is 0 Å². The molecule has 0 N–H and O–H groups in total. The maximum absolute atomic E-state index is 5.85. The zero-order valence-electron chi connectivity index (χ0n) is 9.79. The fourth-order valence-electron chi connectivity index (χ4n) is 1.90. The molecule has 1 saturated heterocycles. The van der Waals surface area contributed by atoms with Crippen LogP contribution in [-0.4, -0.2) is 18.5 Å². The second-order valence-corrected chi connectivity index (χ2v) is 4.14. The maximum Gasteiger partial charge on any atom is 0.158 e. The molecule has 0 aromatic carbocycles. The van der Waals surface area contributed by atoms with Crippen molar-refractivity contribution in [1.29, 1.82) is 0 Å². The van der Waals surface area contributed by atoms with Crippen molar-refractivity contribution in [3.63, 3.8) is 0 Å². The van der Waals surface area contributed by atoms with Gasteiger partial charge in [0, 0.05) is 0 Å². The van der Waals surface area contributed by atoms with Crippen LogP contribution in [0, 0.1) is 0 Å². The van der Waals surface area contributed by atoms with Crippen LogP contribution < -0.4 is 0 Å². The average Bonchev–Trinajstić information content (AvgIpc) is 2.25. The first-order valence-electron chi connectivity index (χ1n) is 6.11. The molecule has 1 heterocycles. The van der Waals surface area contributed by atoms with E-state index < -0.39 is 0 Å². The normalized spacial score (nSPS) is 33.2. The molecule has 84 valence electrons. The van der Waals surface area contributed by atoms with E-state index in [-0.39, 0.29) is 6.29 Å². The van der Waals surface area contributed by atoms with E-state index in [1.54, 1.807) is 0 Å². The summed E-state index contributed by atoms with van der Waals surface area (Å²) >= 11 is 0. The Morgan fingerprint density at radius 2 is 1.57 bits per heavy atom. The number of hydrogen-bond donors (Lipinski definition) is 0. The molecule has 2 unspecified atom stereocenters. The van der Waals surface area contributed by atoms with Crippen LogP contribution in [0.5, 0.6) is 0 Å². The van der Waals surface area contributed by atoms with Gasteiger partial charge in [-0.3, -0.25) is 0 Å². The van der Waals surface area contributed by atoms with Gasteiger partial charge >= 0.3 is 0 Å². The van der Waals surface area contributed by atoms with Crippen molar-refractivity contribution in [2.75, 3.05) is 0 Å². The molecule has 2 heteroatoms. The second kappa shape index (κ2) is 6.41. The van der Waals surface area contributed by atoms with E-state index in [1.807, 2.05) is 0 Å². The standard InChI is InChI=1S/C12H24O2/c1-4-7-8-12-13-10(5-2)9-11(6-3)14-12/h10-12H,4-9H2,1-3H3. The Kier molecular flexibility index (Phi) is 5.49. The monoisotopic (exact) mass is 200 g/mol. The summed E-state index contributed by atoms with van der Waals surface area (Å²) in [6, 6.07) is 0. The van der Waals surface area contributed by atoms with Crippen LogP contribution in [0.1, 0.15) is 59.3 Å². The van der Waals surface area contributed by atoms with Gasteiger partial charge in [-0.1, -0.05) is 27.2 Å². The smallest absolute Gasteiger partial charge is 0.158 e. The molecule has 0 radical (unpaired) electrons. The van der Waals surface area contributed by atoms with Crippen LogP contribution >= 0.6 is 0 Å². The fourth-order valence-corrected chi connectivity index (χ4v) is 1.90. The molecule has 0 amide bonds. The first-order chi connectivity index (χ1) is 6.80. The maximum atomic E-state index is 5.85. The molecule has 2 nitrogen and oxygen atoms in total. The molecule has 1 aliphatic heterocycles. The molecule has 2 atom stereocenters. The summed E-state index contributed by atoms with van der Waals surface area (Å²) in [4.78, 5) is 0. The SMILES string of the molecule is CCCCC1OC(CC)CC(CC)O1. The Morgan fingerprint density at radius 3 is 2.00 bits per heavy atom. The van der Waals surface area contributed by atoms with Crippen molar-refractivity contribution in [2.24, 2.45) is 0 Å². The quantitative estimate of drug-likeness (QED) is 0.676. The van der Waals surface area contributed by atoms with Crippen molar-refractivity contribution in [3.8, 4) is 0 Å². The number of ether oxygens (including phenoxy) is 2. The minimum absolute atomic E-state index is 0.0681. The van der Waals surface area contributed by atoms with Gasteiger partial charge in [0.1, 0.15) is 0 Å². The van der Waals surface area contributed by atoms with Crippen molar-refractivity contribution in [3.05, 3.63) is 0 Å². The van der Waals surface area contributed by atoms with E-state index in [2.05, 4.69) is 20.8 Å². The predicted octanol–water partition coefficient (Wildman–Crippen LogP) is 3.50. The summed E-state index contributed by atoms with van der Waals surface area (Å²) in [5, 5.41) is 0. The molecule has 0 aromatic heterocycles. The molecule has 1 aliphatic rings. The number of rotatable bonds is 5. The fraction of sp³-hybridized carbons (Fsp3) is 1.00. The van der Waals surface area contributed by atoms with Crippen LogP contribution in [0.2, 0.25) is 0 Å². The van der Waals surface area contributed by atoms with Gasteiger partial charge in [0.15, 0.2) is 6.29 Å². The van der Waals surface area contributed by atoms with Crippen molar-refractivity contribution >= 4 is 0 Å². The van der Waals surface area contributed by atoms with Crippen molar-refractivity contribution < 1.29 is 9.47 Å². The van der Waals surface area contributed by atoms with Gasteiger partial charge in [-0.15, -0.1) is 0 Å². The highest BCUT2D eigenvalue weighted by atomic mass is 16.7. The van der Waals surface area contributed by atoms with Gasteiger partial charge in [-0.05, 0) is 32.1 Å². The summed E-state index contributed by atoms with van der Waals surface area (Å²) in [7, 11) is 0. The Labute approximate surface area is 88.0 Å². The Morgan fingerprint density at radius 1 is 1.00 bits per heavy atom. The summed E-state index contributed by atoms with van der Waals surface area (Å²) in [6.45, 7) is 6.59. The highest BCUT2D eigenvalue weighted by Crippen LogP contribution is 2.25. The molecule has 14 heavy (non-hydrogen) atoms. The van der Waals surface area contributed by atoms with Gasteiger partial charge in [-0.25, -0.2) is 0 Å².